The summed E-state index contributed by atoms with van der Waals surface area (Å²) in [5.74, 6) is -1.01. The molecule has 9 heteroatoms. The van der Waals surface area contributed by atoms with E-state index in [1.165, 1.54) is 6.26 Å². The van der Waals surface area contributed by atoms with E-state index < -0.39 is 17.7 Å². The van der Waals surface area contributed by atoms with Gasteiger partial charge < -0.3 is 14.6 Å². The summed E-state index contributed by atoms with van der Waals surface area (Å²) < 4.78 is 10.8. The molecule has 2 rings (SSSR count). The molecule has 3 amide bonds. The number of primary amides is 1. The Bertz CT molecular complexity index is 639. The van der Waals surface area contributed by atoms with E-state index in [2.05, 4.69) is 5.10 Å². The lowest BCUT2D eigenvalue weighted by atomic mass is 10.4. The number of carbonyl (C=O) groups excluding carboxylic acids is 2. The Hall–Kier alpha value is -2.84. The highest BCUT2D eigenvalue weighted by molar-refractivity contribution is 5.93. The first-order valence-electron chi connectivity index (χ1n) is 5.27. The van der Waals surface area contributed by atoms with Gasteiger partial charge >= 0.3 is 11.8 Å². The summed E-state index contributed by atoms with van der Waals surface area (Å²) in [5, 5.41) is 5.73. The molecule has 0 fully saturated rings. The van der Waals surface area contributed by atoms with Gasteiger partial charge in [-0.1, -0.05) is 0 Å². The predicted octanol–water partition coefficient (Wildman–Crippen LogP) is -0.319. The fourth-order valence-electron chi connectivity index (χ4n) is 1.35. The predicted molar refractivity (Wildman–Crippen MR) is 60.8 cm³/mol. The molecule has 0 saturated carbocycles. The fourth-order valence-corrected chi connectivity index (χ4v) is 1.35. The second-order valence-corrected chi connectivity index (χ2v) is 3.54. The molecule has 0 saturated heterocycles. The first-order chi connectivity index (χ1) is 9.06. The first-order valence-corrected chi connectivity index (χ1v) is 5.27. The van der Waals surface area contributed by atoms with Crippen LogP contribution in [0.1, 0.15) is 6.42 Å². The zero-order valence-corrected chi connectivity index (χ0v) is 9.66. The molecule has 0 atom stereocenters. The summed E-state index contributed by atoms with van der Waals surface area (Å²) in [7, 11) is 0. The largest absolute Gasteiger partial charge is 0.459 e. The van der Waals surface area contributed by atoms with Gasteiger partial charge in [-0.25, -0.2) is 9.59 Å². The van der Waals surface area contributed by atoms with Crippen molar-refractivity contribution in [3.63, 3.8) is 0 Å². The SMILES string of the molecule is NC(=O)NC(=O)CCn1nc(-c2ccco2)oc1=O. The Kier molecular flexibility index (Phi) is 3.46. The van der Waals surface area contributed by atoms with Crippen molar-refractivity contribution in [2.75, 3.05) is 0 Å². The lowest BCUT2D eigenvalue weighted by Crippen LogP contribution is -2.35. The van der Waals surface area contributed by atoms with Gasteiger partial charge in [-0.3, -0.25) is 10.1 Å². The number of carbonyl (C=O) groups is 2. The Labute approximate surface area is 106 Å². The number of aromatic nitrogens is 2. The second-order valence-electron chi connectivity index (χ2n) is 3.54. The molecule has 0 aliphatic heterocycles. The Morgan fingerprint density at radius 1 is 1.47 bits per heavy atom. The molecule has 0 aliphatic carbocycles. The second kappa shape index (κ2) is 5.21. The maximum absolute atomic E-state index is 11.4. The number of rotatable bonds is 4. The molecule has 0 unspecified atom stereocenters. The molecular formula is C10H10N4O5. The smallest absolute Gasteiger partial charge is 0.437 e. The van der Waals surface area contributed by atoms with Gasteiger partial charge in [0.2, 0.25) is 5.91 Å². The van der Waals surface area contributed by atoms with E-state index >= 15 is 0 Å². The highest BCUT2D eigenvalue weighted by atomic mass is 16.4. The topological polar surface area (TPSA) is 133 Å². The van der Waals surface area contributed by atoms with Crippen LogP contribution in [0.3, 0.4) is 0 Å². The zero-order valence-electron chi connectivity index (χ0n) is 9.66. The minimum atomic E-state index is -0.950. The minimum absolute atomic E-state index is 0.0188. The van der Waals surface area contributed by atoms with Gasteiger partial charge in [0.1, 0.15) is 0 Å². The molecule has 2 heterocycles. The summed E-state index contributed by atoms with van der Waals surface area (Å²) in [6, 6.07) is 2.25. The van der Waals surface area contributed by atoms with E-state index in [4.69, 9.17) is 14.6 Å². The van der Waals surface area contributed by atoms with Crippen molar-refractivity contribution >= 4 is 11.9 Å². The summed E-state index contributed by atoms with van der Waals surface area (Å²) in [4.78, 5) is 33.0. The van der Waals surface area contributed by atoms with Gasteiger partial charge in [-0.05, 0) is 12.1 Å². The normalized spacial score (nSPS) is 10.3. The van der Waals surface area contributed by atoms with Crippen molar-refractivity contribution in [2.45, 2.75) is 13.0 Å². The van der Waals surface area contributed by atoms with Crippen molar-refractivity contribution in [1.82, 2.24) is 15.1 Å². The molecule has 0 spiro atoms. The molecule has 100 valence electrons. The Balaban J connectivity index is 2.04. The molecule has 19 heavy (non-hydrogen) atoms. The van der Waals surface area contributed by atoms with Crippen LogP contribution in [0.4, 0.5) is 4.79 Å². The van der Waals surface area contributed by atoms with E-state index in [0.29, 0.717) is 5.76 Å². The van der Waals surface area contributed by atoms with E-state index in [1.807, 2.05) is 5.32 Å². The lowest BCUT2D eigenvalue weighted by Gasteiger charge is -1.99. The minimum Gasteiger partial charge on any atom is -0.459 e. The van der Waals surface area contributed by atoms with Crippen LogP contribution in [0.15, 0.2) is 32.0 Å². The van der Waals surface area contributed by atoms with Crippen LogP contribution >= 0.6 is 0 Å². The third kappa shape index (κ3) is 3.09. The average molecular weight is 266 g/mol. The summed E-state index contributed by atoms with van der Waals surface area (Å²) in [5.41, 5.74) is 4.77. The van der Waals surface area contributed by atoms with E-state index in [9.17, 15) is 14.4 Å². The number of imide groups is 1. The molecule has 9 nitrogen and oxygen atoms in total. The van der Waals surface area contributed by atoms with Crippen molar-refractivity contribution in [1.29, 1.82) is 0 Å². The van der Waals surface area contributed by atoms with Crippen LogP contribution < -0.4 is 16.8 Å². The first kappa shape index (κ1) is 12.6. The Morgan fingerprint density at radius 3 is 2.89 bits per heavy atom. The van der Waals surface area contributed by atoms with Crippen molar-refractivity contribution in [3.8, 4) is 11.7 Å². The molecule has 0 bridgehead atoms. The van der Waals surface area contributed by atoms with Gasteiger partial charge in [0.05, 0.1) is 12.8 Å². The highest BCUT2D eigenvalue weighted by Gasteiger charge is 2.13. The van der Waals surface area contributed by atoms with E-state index in [0.717, 1.165) is 4.68 Å². The number of hydrogen-bond donors (Lipinski definition) is 2. The van der Waals surface area contributed by atoms with Gasteiger partial charge in [0, 0.05) is 6.42 Å². The highest BCUT2D eigenvalue weighted by Crippen LogP contribution is 2.14. The lowest BCUT2D eigenvalue weighted by molar-refractivity contribution is -0.120. The van der Waals surface area contributed by atoms with Crippen molar-refractivity contribution in [2.24, 2.45) is 5.73 Å². The van der Waals surface area contributed by atoms with Crippen LogP contribution in [0.2, 0.25) is 0 Å². The molecule has 3 N–H and O–H groups in total. The summed E-state index contributed by atoms with van der Waals surface area (Å²) in [6.45, 7) is -0.0395. The van der Waals surface area contributed by atoms with Crippen LogP contribution in [0.25, 0.3) is 11.7 Å². The standard InChI is InChI=1S/C10H10N4O5/c11-9(16)12-7(15)3-4-14-10(17)19-8(13-14)6-2-1-5-18-6/h1-2,5H,3-4H2,(H3,11,12,15,16). The fraction of sp³-hybridized carbons (Fsp3) is 0.200. The molecule has 2 aromatic heterocycles. The quantitative estimate of drug-likeness (QED) is 0.779. The third-order valence-electron chi connectivity index (χ3n) is 2.15. The van der Waals surface area contributed by atoms with Gasteiger partial charge in [-0.2, -0.15) is 4.68 Å². The van der Waals surface area contributed by atoms with Gasteiger partial charge in [0.15, 0.2) is 5.76 Å². The number of nitrogens with two attached hydrogens (primary N) is 1. The van der Waals surface area contributed by atoms with Gasteiger partial charge in [0.25, 0.3) is 5.89 Å². The monoisotopic (exact) mass is 266 g/mol. The molecule has 0 aliphatic rings. The summed E-state index contributed by atoms with van der Waals surface area (Å²) >= 11 is 0. The number of nitrogens with zero attached hydrogens (tertiary/aromatic N) is 2. The number of hydrogen-bond acceptors (Lipinski definition) is 6. The van der Waals surface area contributed by atoms with Crippen molar-refractivity contribution in [3.05, 3.63) is 28.9 Å². The molecule has 2 aromatic rings. The summed E-state index contributed by atoms with van der Waals surface area (Å²) in [6.07, 6.45) is 1.28. The maximum atomic E-state index is 11.4. The number of aryl methyl sites for hydroxylation is 1. The van der Waals surface area contributed by atoms with Gasteiger partial charge in [-0.15, -0.1) is 5.10 Å². The number of furan rings is 1. The van der Waals surface area contributed by atoms with Crippen LogP contribution in [0, 0.1) is 0 Å². The van der Waals surface area contributed by atoms with Crippen LogP contribution in [-0.2, 0) is 11.3 Å². The number of nitrogens with one attached hydrogen (secondary N) is 1. The van der Waals surface area contributed by atoms with Crippen LogP contribution in [0.5, 0.6) is 0 Å². The number of urea groups is 1. The molecule has 0 aromatic carbocycles. The van der Waals surface area contributed by atoms with E-state index in [1.54, 1.807) is 12.1 Å². The molecular weight excluding hydrogens is 256 g/mol. The average Bonchev–Trinajstić information content (AvgIpc) is 2.94. The number of amides is 3. The molecule has 0 radical (unpaired) electrons. The zero-order chi connectivity index (χ0) is 13.8. The third-order valence-corrected chi connectivity index (χ3v) is 2.15. The van der Waals surface area contributed by atoms with Crippen LogP contribution in [-0.4, -0.2) is 21.7 Å². The van der Waals surface area contributed by atoms with Crippen molar-refractivity contribution < 1.29 is 18.4 Å². The maximum Gasteiger partial charge on any atom is 0.437 e. The Morgan fingerprint density at radius 2 is 2.26 bits per heavy atom. The van der Waals surface area contributed by atoms with E-state index in [-0.39, 0.29) is 18.9 Å².